The second-order valence-electron chi connectivity index (χ2n) is 2.37. The van der Waals surface area contributed by atoms with Gasteiger partial charge in [0.15, 0.2) is 5.96 Å². The number of carboxylic acids is 1. The summed E-state index contributed by atoms with van der Waals surface area (Å²) in [5, 5.41) is 10.1. The molecule has 1 atom stereocenters. The molecule has 6 N–H and O–H groups in total. The number of nitrogens with zero attached hydrogens (tertiary/aromatic N) is 1. The molecule has 0 fully saturated rings. The third kappa shape index (κ3) is 10.3. The summed E-state index contributed by atoms with van der Waals surface area (Å²) < 4.78 is 0. The molecule has 70 valence electrons. The van der Waals surface area contributed by atoms with Crippen molar-refractivity contribution in [2.24, 2.45) is 22.2 Å². The van der Waals surface area contributed by atoms with Crippen molar-refractivity contribution in [3.63, 3.8) is 0 Å². The minimum Gasteiger partial charge on any atom is -0.548 e. The molecular formula is C6H13KN4O2. The van der Waals surface area contributed by atoms with Crippen LogP contribution in [0, 0.1) is 0 Å². The first-order valence-electron chi connectivity index (χ1n) is 3.56. The van der Waals surface area contributed by atoms with Crippen molar-refractivity contribution in [1.29, 1.82) is 0 Å². The first-order chi connectivity index (χ1) is 5.54. The van der Waals surface area contributed by atoms with Crippen molar-refractivity contribution < 1.29 is 61.3 Å². The quantitative estimate of drug-likeness (QED) is 0.181. The van der Waals surface area contributed by atoms with Crippen molar-refractivity contribution in [3.8, 4) is 0 Å². The van der Waals surface area contributed by atoms with E-state index < -0.39 is 12.0 Å². The molecule has 0 heterocycles. The third-order valence-electron chi connectivity index (χ3n) is 1.27. The van der Waals surface area contributed by atoms with Crippen LogP contribution in [0.25, 0.3) is 0 Å². The summed E-state index contributed by atoms with van der Waals surface area (Å²) in [4.78, 5) is 13.8. The molecule has 1 unspecified atom stereocenters. The molecule has 6 nitrogen and oxygen atoms in total. The van der Waals surface area contributed by atoms with Crippen molar-refractivity contribution >= 4 is 11.9 Å². The summed E-state index contributed by atoms with van der Waals surface area (Å²) in [5.41, 5.74) is 15.2. The number of carboxylic acid groups (broad SMARTS) is 1. The van der Waals surface area contributed by atoms with E-state index in [1.807, 2.05) is 0 Å². The number of aliphatic imine (C=N–C) groups is 1. The van der Waals surface area contributed by atoms with Crippen molar-refractivity contribution in [1.82, 2.24) is 0 Å². The van der Waals surface area contributed by atoms with Gasteiger partial charge in [0.05, 0.1) is 5.97 Å². The fourth-order valence-corrected chi connectivity index (χ4v) is 0.637. The summed E-state index contributed by atoms with van der Waals surface area (Å²) in [6.45, 7) is 0.392. The zero-order valence-corrected chi connectivity index (χ0v) is 10.8. The van der Waals surface area contributed by atoms with E-state index >= 15 is 0 Å². The van der Waals surface area contributed by atoms with E-state index in [4.69, 9.17) is 17.2 Å². The van der Waals surface area contributed by atoms with E-state index in [9.17, 15) is 9.90 Å². The summed E-state index contributed by atoms with van der Waals surface area (Å²) >= 11 is 0. The minimum absolute atomic E-state index is 0. The van der Waals surface area contributed by atoms with E-state index in [0.29, 0.717) is 19.4 Å². The van der Waals surface area contributed by atoms with Gasteiger partial charge in [0.1, 0.15) is 0 Å². The van der Waals surface area contributed by atoms with Crippen LogP contribution in [0.15, 0.2) is 4.99 Å². The molecule has 0 aliphatic carbocycles. The predicted octanol–water partition coefficient (Wildman–Crippen LogP) is -5.88. The minimum atomic E-state index is -1.25. The number of hydrogen-bond acceptors (Lipinski definition) is 4. The molecule has 0 saturated heterocycles. The first kappa shape index (κ1) is 15.8. The van der Waals surface area contributed by atoms with Crippen LogP contribution < -0.4 is 73.7 Å². The van der Waals surface area contributed by atoms with E-state index in [0.717, 1.165) is 0 Å². The molecular weight excluding hydrogens is 199 g/mol. The van der Waals surface area contributed by atoms with E-state index in [1.54, 1.807) is 0 Å². The van der Waals surface area contributed by atoms with Crippen LogP contribution in [0.1, 0.15) is 12.8 Å². The maximum Gasteiger partial charge on any atom is 1.00 e. The second kappa shape index (κ2) is 8.91. The van der Waals surface area contributed by atoms with Gasteiger partial charge in [-0.3, -0.25) is 4.99 Å². The molecule has 0 spiro atoms. The molecule has 0 saturated carbocycles. The van der Waals surface area contributed by atoms with E-state index in [2.05, 4.69) is 4.99 Å². The standard InChI is InChI=1S/C6H14N4O2.K/c7-4(5(11)12)2-1-3-10-6(8)9;/h4H,1-3,7H2,(H,11,12)(H4,8,9,10);/q;+1/p-1. The monoisotopic (exact) mass is 212 g/mol. The van der Waals surface area contributed by atoms with Crippen LogP contribution in [0.4, 0.5) is 0 Å². The second-order valence-corrected chi connectivity index (χ2v) is 2.37. The SMILES string of the molecule is NC(N)=NCCCC(N)C(=O)[O-].[K+]. The fourth-order valence-electron chi connectivity index (χ4n) is 0.637. The number of carbonyl (C=O) groups excluding carboxylic acids is 1. The Bertz CT molecular complexity index is 181. The van der Waals surface area contributed by atoms with Gasteiger partial charge in [0, 0.05) is 12.6 Å². The van der Waals surface area contributed by atoms with Crippen LogP contribution >= 0.6 is 0 Å². The summed E-state index contributed by atoms with van der Waals surface area (Å²) in [7, 11) is 0. The number of carbonyl (C=O) groups is 1. The molecule has 0 aliphatic heterocycles. The van der Waals surface area contributed by atoms with E-state index in [-0.39, 0.29) is 57.3 Å². The number of rotatable bonds is 5. The molecule has 0 rings (SSSR count). The van der Waals surface area contributed by atoms with Gasteiger partial charge in [-0.1, -0.05) is 0 Å². The molecule has 0 aromatic rings. The molecule has 0 bridgehead atoms. The average Bonchev–Trinajstić information content (AvgIpc) is 1.97. The van der Waals surface area contributed by atoms with Crippen LogP contribution in [0.2, 0.25) is 0 Å². The Kier molecular flexibility index (Phi) is 10.8. The van der Waals surface area contributed by atoms with Crippen LogP contribution in [-0.2, 0) is 4.79 Å². The van der Waals surface area contributed by atoms with Crippen LogP contribution in [0.3, 0.4) is 0 Å². The number of guanidine groups is 1. The summed E-state index contributed by atoms with van der Waals surface area (Å²) in [6.07, 6.45) is 0.853. The van der Waals surface area contributed by atoms with Gasteiger partial charge in [-0.05, 0) is 12.8 Å². The first-order valence-corrected chi connectivity index (χ1v) is 3.56. The molecule has 0 aromatic heterocycles. The summed E-state index contributed by atoms with van der Waals surface area (Å²) in [6, 6.07) is -0.931. The molecule has 0 aliphatic rings. The normalized spacial score (nSPS) is 11.2. The van der Waals surface area contributed by atoms with Gasteiger partial charge in [0.2, 0.25) is 0 Å². The van der Waals surface area contributed by atoms with Crippen molar-refractivity contribution in [2.45, 2.75) is 18.9 Å². The molecule has 0 amide bonds. The molecule has 0 aromatic carbocycles. The Morgan fingerprint density at radius 2 is 2.00 bits per heavy atom. The Hall–Kier alpha value is 0.336. The summed E-state index contributed by atoms with van der Waals surface area (Å²) in [5.74, 6) is -1.25. The average molecular weight is 212 g/mol. The molecule has 0 radical (unpaired) electrons. The van der Waals surface area contributed by atoms with Crippen molar-refractivity contribution in [3.05, 3.63) is 0 Å². The van der Waals surface area contributed by atoms with Crippen LogP contribution in [0.5, 0.6) is 0 Å². The van der Waals surface area contributed by atoms with Gasteiger partial charge in [-0.25, -0.2) is 0 Å². The zero-order chi connectivity index (χ0) is 9.56. The third-order valence-corrected chi connectivity index (χ3v) is 1.27. The Balaban J connectivity index is 0. The number of nitrogens with two attached hydrogens (primary N) is 3. The maximum atomic E-state index is 10.1. The fraction of sp³-hybridized carbons (Fsp3) is 0.667. The maximum absolute atomic E-state index is 10.1. The Labute approximate surface area is 119 Å². The van der Waals surface area contributed by atoms with Crippen LogP contribution in [-0.4, -0.2) is 24.5 Å². The molecule has 7 heteroatoms. The number of hydrogen-bond donors (Lipinski definition) is 3. The topological polar surface area (TPSA) is 131 Å². The number of aliphatic carboxylic acids is 1. The van der Waals surface area contributed by atoms with Gasteiger partial charge < -0.3 is 27.1 Å². The smallest absolute Gasteiger partial charge is 0.548 e. The van der Waals surface area contributed by atoms with Gasteiger partial charge >= 0.3 is 51.4 Å². The Morgan fingerprint density at radius 1 is 1.46 bits per heavy atom. The molecule has 13 heavy (non-hydrogen) atoms. The Morgan fingerprint density at radius 3 is 2.38 bits per heavy atom. The predicted molar refractivity (Wildman–Crippen MR) is 42.9 cm³/mol. The van der Waals surface area contributed by atoms with Gasteiger partial charge in [0.25, 0.3) is 0 Å². The zero-order valence-electron chi connectivity index (χ0n) is 7.69. The van der Waals surface area contributed by atoms with Gasteiger partial charge in [-0.2, -0.15) is 0 Å². The largest absolute Gasteiger partial charge is 1.00 e. The van der Waals surface area contributed by atoms with Gasteiger partial charge in [-0.15, -0.1) is 0 Å². The van der Waals surface area contributed by atoms with E-state index in [1.165, 1.54) is 0 Å². The van der Waals surface area contributed by atoms with Crippen molar-refractivity contribution in [2.75, 3.05) is 6.54 Å².